The second-order valence-electron chi connectivity index (χ2n) is 4.36. The normalized spacial score (nSPS) is 10.6. The molecule has 2 aromatic heterocycles. The summed E-state index contributed by atoms with van der Waals surface area (Å²) in [6.45, 7) is 0. The maximum atomic E-state index is 11.6. The van der Waals surface area contributed by atoms with E-state index in [1.165, 1.54) is 7.11 Å². The van der Waals surface area contributed by atoms with Crippen molar-refractivity contribution < 1.29 is 14.3 Å². The highest BCUT2D eigenvalue weighted by molar-refractivity contribution is 5.89. The fourth-order valence-electron chi connectivity index (χ4n) is 2.14. The number of hydrogen-bond donors (Lipinski definition) is 0. The largest absolute Gasteiger partial charge is 0.496 e. The summed E-state index contributed by atoms with van der Waals surface area (Å²) in [5.74, 6) is 0.889. The summed E-state index contributed by atoms with van der Waals surface area (Å²) in [5, 5.41) is 8.28. The zero-order valence-electron chi connectivity index (χ0n) is 11.6. The van der Waals surface area contributed by atoms with E-state index in [0.717, 1.165) is 5.56 Å². The molecule has 106 valence electrons. The zero-order valence-corrected chi connectivity index (χ0v) is 11.6. The predicted octanol–water partition coefficient (Wildman–Crippen LogP) is 2.19. The first kappa shape index (κ1) is 13.1. The number of ether oxygens (including phenoxy) is 2. The van der Waals surface area contributed by atoms with Gasteiger partial charge >= 0.3 is 5.97 Å². The van der Waals surface area contributed by atoms with Crippen molar-refractivity contribution in [1.82, 2.24) is 14.6 Å². The van der Waals surface area contributed by atoms with Crippen LogP contribution in [0.4, 0.5) is 0 Å². The fraction of sp³-hybridized carbons (Fsp3) is 0.133. The van der Waals surface area contributed by atoms with E-state index in [1.807, 2.05) is 24.3 Å². The van der Waals surface area contributed by atoms with Gasteiger partial charge < -0.3 is 9.47 Å². The van der Waals surface area contributed by atoms with E-state index in [2.05, 4.69) is 10.2 Å². The molecule has 0 N–H and O–H groups in total. The number of carbonyl (C=O) groups is 1. The van der Waals surface area contributed by atoms with Crippen LogP contribution in [-0.2, 0) is 4.74 Å². The maximum Gasteiger partial charge on any atom is 0.339 e. The van der Waals surface area contributed by atoms with E-state index < -0.39 is 5.97 Å². The van der Waals surface area contributed by atoms with Crippen LogP contribution < -0.4 is 4.74 Å². The van der Waals surface area contributed by atoms with Crippen LogP contribution in [-0.4, -0.2) is 34.8 Å². The molecular weight excluding hydrogens is 270 g/mol. The first-order valence-corrected chi connectivity index (χ1v) is 6.31. The fourth-order valence-corrected chi connectivity index (χ4v) is 2.14. The molecule has 3 aromatic rings. The van der Waals surface area contributed by atoms with Crippen molar-refractivity contribution >= 4 is 11.6 Å². The SMILES string of the molecule is COC(=O)c1ccc2nnc(-c3ccccc3OC)n2c1. The number of carbonyl (C=O) groups excluding carboxylic acids is 1. The topological polar surface area (TPSA) is 65.7 Å². The minimum Gasteiger partial charge on any atom is -0.496 e. The average molecular weight is 283 g/mol. The summed E-state index contributed by atoms with van der Waals surface area (Å²) < 4.78 is 11.8. The molecule has 0 unspecified atom stereocenters. The zero-order chi connectivity index (χ0) is 14.8. The molecule has 0 spiro atoms. The van der Waals surface area contributed by atoms with Crippen molar-refractivity contribution in [3.63, 3.8) is 0 Å². The highest BCUT2D eigenvalue weighted by Crippen LogP contribution is 2.28. The lowest BCUT2D eigenvalue weighted by molar-refractivity contribution is 0.0600. The molecule has 0 radical (unpaired) electrons. The number of benzene rings is 1. The molecule has 6 heteroatoms. The number of hydrogen-bond acceptors (Lipinski definition) is 5. The number of esters is 1. The lowest BCUT2D eigenvalue weighted by atomic mass is 10.2. The number of fused-ring (bicyclic) bond motifs is 1. The maximum absolute atomic E-state index is 11.6. The van der Waals surface area contributed by atoms with Gasteiger partial charge in [0.25, 0.3) is 0 Å². The number of aromatic nitrogens is 3. The second-order valence-corrected chi connectivity index (χ2v) is 4.36. The Bertz CT molecular complexity index is 811. The smallest absolute Gasteiger partial charge is 0.339 e. The number of methoxy groups -OCH3 is 2. The van der Waals surface area contributed by atoms with Crippen LogP contribution in [0.15, 0.2) is 42.6 Å². The molecule has 6 nitrogen and oxygen atoms in total. The summed E-state index contributed by atoms with van der Waals surface area (Å²) in [4.78, 5) is 11.6. The molecule has 0 bridgehead atoms. The molecule has 0 aliphatic heterocycles. The molecule has 0 saturated carbocycles. The molecule has 3 rings (SSSR count). The van der Waals surface area contributed by atoms with Crippen molar-refractivity contribution in [2.75, 3.05) is 14.2 Å². The van der Waals surface area contributed by atoms with Gasteiger partial charge in [0.1, 0.15) is 5.75 Å². The van der Waals surface area contributed by atoms with Crippen LogP contribution >= 0.6 is 0 Å². The van der Waals surface area contributed by atoms with Crippen LogP contribution in [0.1, 0.15) is 10.4 Å². The Morgan fingerprint density at radius 2 is 1.90 bits per heavy atom. The Morgan fingerprint density at radius 3 is 2.67 bits per heavy atom. The molecule has 2 heterocycles. The van der Waals surface area contributed by atoms with Crippen LogP contribution in [0.5, 0.6) is 5.75 Å². The van der Waals surface area contributed by atoms with Gasteiger partial charge in [-0.2, -0.15) is 0 Å². The molecule has 0 aliphatic carbocycles. The Labute approximate surface area is 120 Å². The van der Waals surface area contributed by atoms with E-state index in [0.29, 0.717) is 22.8 Å². The second kappa shape index (κ2) is 5.24. The van der Waals surface area contributed by atoms with Gasteiger partial charge in [-0.15, -0.1) is 10.2 Å². The first-order valence-electron chi connectivity index (χ1n) is 6.31. The molecular formula is C15H13N3O3. The van der Waals surface area contributed by atoms with Gasteiger partial charge in [0.15, 0.2) is 11.5 Å². The van der Waals surface area contributed by atoms with E-state index >= 15 is 0 Å². The number of pyridine rings is 1. The van der Waals surface area contributed by atoms with Gasteiger partial charge in [-0.05, 0) is 24.3 Å². The molecule has 21 heavy (non-hydrogen) atoms. The van der Waals surface area contributed by atoms with E-state index in [9.17, 15) is 4.79 Å². The summed E-state index contributed by atoms with van der Waals surface area (Å²) in [6, 6.07) is 10.9. The van der Waals surface area contributed by atoms with E-state index in [4.69, 9.17) is 9.47 Å². The van der Waals surface area contributed by atoms with Gasteiger partial charge in [-0.25, -0.2) is 4.79 Å². The third-order valence-electron chi connectivity index (χ3n) is 3.17. The highest BCUT2D eigenvalue weighted by Gasteiger charge is 2.14. The van der Waals surface area contributed by atoms with Gasteiger partial charge in [0, 0.05) is 6.20 Å². The summed E-state index contributed by atoms with van der Waals surface area (Å²) in [5.41, 5.74) is 1.87. The van der Waals surface area contributed by atoms with Crippen LogP contribution in [0.3, 0.4) is 0 Å². The van der Waals surface area contributed by atoms with Gasteiger partial charge in [0.2, 0.25) is 0 Å². The van der Waals surface area contributed by atoms with E-state index in [-0.39, 0.29) is 0 Å². The lowest BCUT2D eigenvalue weighted by Gasteiger charge is -2.07. The molecule has 0 aliphatic rings. The Morgan fingerprint density at radius 1 is 1.10 bits per heavy atom. The molecule has 0 amide bonds. The first-order chi connectivity index (χ1) is 10.2. The van der Waals surface area contributed by atoms with Crippen LogP contribution in [0.25, 0.3) is 17.0 Å². The molecule has 0 atom stereocenters. The summed E-state index contributed by atoms with van der Waals surface area (Å²) >= 11 is 0. The summed E-state index contributed by atoms with van der Waals surface area (Å²) in [6.07, 6.45) is 1.66. The highest BCUT2D eigenvalue weighted by atomic mass is 16.5. The minimum atomic E-state index is -0.406. The van der Waals surface area contributed by atoms with Crippen LogP contribution in [0.2, 0.25) is 0 Å². The van der Waals surface area contributed by atoms with Gasteiger partial charge in [-0.3, -0.25) is 4.40 Å². The Kier molecular flexibility index (Phi) is 3.27. The van der Waals surface area contributed by atoms with E-state index in [1.54, 1.807) is 29.8 Å². The minimum absolute atomic E-state index is 0.406. The number of nitrogens with zero attached hydrogens (tertiary/aromatic N) is 3. The number of rotatable bonds is 3. The Balaban J connectivity index is 2.21. The third-order valence-corrected chi connectivity index (χ3v) is 3.17. The van der Waals surface area contributed by atoms with Crippen molar-refractivity contribution in [3.05, 3.63) is 48.2 Å². The van der Waals surface area contributed by atoms with Crippen LogP contribution in [0, 0.1) is 0 Å². The predicted molar refractivity (Wildman–Crippen MR) is 76.3 cm³/mol. The third kappa shape index (κ3) is 2.20. The summed E-state index contributed by atoms with van der Waals surface area (Å²) in [7, 11) is 2.95. The van der Waals surface area contributed by atoms with Gasteiger partial charge in [-0.1, -0.05) is 12.1 Å². The Hall–Kier alpha value is -2.89. The van der Waals surface area contributed by atoms with Gasteiger partial charge in [0.05, 0.1) is 25.3 Å². The van der Waals surface area contributed by atoms with Crippen molar-refractivity contribution in [2.24, 2.45) is 0 Å². The quantitative estimate of drug-likeness (QED) is 0.689. The number of para-hydroxylation sites is 1. The van der Waals surface area contributed by atoms with Crippen molar-refractivity contribution in [2.45, 2.75) is 0 Å². The molecule has 0 saturated heterocycles. The average Bonchev–Trinajstić information content (AvgIpc) is 2.96. The standard InChI is InChI=1S/C15H13N3O3/c1-20-12-6-4-3-5-11(12)14-17-16-13-8-7-10(9-18(13)14)15(19)21-2/h3-9H,1-2H3. The van der Waals surface area contributed by atoms with Crippen molar-refractivity contribution in [3.8, 4) is 17.1 Å². The lowest BCUT2D eigenvalue weighted by Crippen LogP contribution is -2.03. The monoisotopic (exact) mass is 283 g/mol. The molecule has 1 aromatic carbocycles. The van der Waals surface area contributed by atoms with Crippen molar-refractivity contribution in [1.29, 1.82) is 0 Å². The molecule has 0 fully saturated rings.